The van der Waals surface area contributed by atoms with Gasteiger partial charge in [0.25, 0.3) is 5.91 Å². The van der Waals surface area contributed by atoms with Gasteiger partial charge in [-0.2, -0.15) is 0 Å². The zero-order chi connectivity index (χ0) is 24.5. The molecule has 176 valence electrons. The van der Waals surface area contributed by atoms with Crippen LogP contribution in [0.5, 0.6) is 11.5 Å². The average Bonchev–Trinajstić information content (AvgIpc) is 2.84. The van der Waals surface area contributed by atoms with Gasteiger partial charge in [0.2, 0.25) is 0 Å². The summed E-state index contributed by atoms with van der Waals surface area (Å²) in [7, 11) is 2.87. The Hall–Kier alpha value is -4.24. The predicted molar refractivity (Wildman–Crippen MR) is 129 cm³/mol. The van der Waals surface area contributed by atoms with Crippen LogP contribution in [0.4, 0.5) is 21.9 Å². The monoisotopic (exact) mass is 483 g/mol. The molecule has 0 aromatic heterocycles. The zero-order valence-corrected chi connectivity index (χ0v) is 19.1. The molecule has 3 aromatic rings. The molecule has 3 rings (SSSR count). The van der Waals surface area contributed by atoms with Crippen LogP contribution in [0, 0.1) is 0 Å². The molecule has 34 heavy (non-hydrogen) atoms. The van der Waals surface area contributed by atoms with Crippen LogP contribution >= 0.6 is 11.6 Å². The van der Waals surface area contributed by atoms with Crippen LogP contribution in [0.3, 0.4) is 0 Å². The van der Waals surface area contributed by atoms with E-state index in [9.17, 15) is 14.4 Å². The Balaban J connectivity index is 1.52. The standard InChI is InChI=1S/C24H22ClN3O6/c1-32-20-13-19(21(33-2)12-18(20)25)28-22(29)14-34-23(30)15-8-10-17(11-9-15)27-24(31)26-16-6-4-3-5-7-16/h3-13H,14H2,1-2H3,(H,28,29)(H2,26,27,31). The number of methoxy groups -OCH3 is 2. The Bertz CT molecular complexity index is 1170. The van der Waals surface area contributed by atoms with E-state index < -0.39 is 24.5 Å². The van der Waals surface area contributed by atoms with Crippen LogP contribution in [-0.4, -0.2) is 38.7 Å². The third-order valence-electron chi connectivity index (χ3n) is 4.49. The predicted octanol–water partition coefficient (Wildman–Crippen LogP) is 4.80. The van der Waals surface area contributed by atoms with E-state index in [-0.39, 0.29) is 5.56 Å². The average molecular weight is 484 g/mol. The van der Waals surface area contributed by atoms with Gasteiger partial charge in [-0.3, -0.25) is 4.79 Å². The molecule has 0 unspecified atom stereocenters. The first kappa shape index (κ1) is 24.4. The molecule has 0 atom stereocenters. The molecule has 3 amide bonds. The highest BCUT2D eigenvalue weighted by atomic mass is 35.5. The summed E-state index contributed by atoms with van der Waals surface area (Å²) in [5.41, 5.74) is 1.65. The third kappa shape index (κ3) is 6.63. The molecule has 0 spiro atoms. The lowest BCUT2D eigenvalue weighted by molar-refractivity contribution is -0.119. The molecule has 0 fully saturated rings. The van der Waals surface area contributed by atoms with Crippen molar-refractivity contribution in [1.29, 1.82) is 0 Å². The number of ether oxygens (including phenoxy) is 3. The number of rotatable bonds is 8. The Labute approximate surface area is 201 Å². The molecule has 9 nitrogen and oxygen atoms in total. The van der Waals surface area contributed by atoms with Crippen molar-refractivity contribution >= 4 is 46.6 Å². The van der Waals surface area contributed by atoms with E-state index in [0.717, 1.165) is 0 Å². The summed E-state index contributed by atoms with van der Waals surface area (Å²) in [6.45, 7) is -0.521. The van der Waals surface area contributed by atoms with Crippen LogP contribution in [-0.2, 0) is 9.53 Å². The highest BCUT2D eigenvalue weighted by Gasteiger charge is 2.15. The van der Waals surface area contributed by atoms with Crippen molar-refractivity contribution in [1.82, 2.24) is 0 Å². The summed E-state index contributed by atoms with van der Waals surface area (Å²) < 4.78 is 15.4. The van der Waals surface area contributed by atoms with Gasteiger partial charge in [0.15, 0.2) is 6.61 Å². The van der Waals surface area contributed by atoms with Gasteiger partial charge in [-0.1, -0.05) is 29.8 Å². The quantitative estimate of drug-likeness (QED) is 0.396. The first-order valence-electron chi connectivity index (χ1n) is 10.0. The highest BCUT2D eigenvalue weighted by Crippen LogP contribution is 2.35. The van der Waals surface area contributed by atoms with Gasteiger partial charge in [-0.05, 0) is 36.4 Å². The summed E-state index contributed by atoms with van der Waals surface area (Å²) in [5, 5.41) is 8.25. The molecule has 0 aliphatic rings. The third-order valence-corrected chi connectivity index (χ3v) is 4.79. The van der Waals surface area contributed by atoms with E-state index in [1.807, 2.05) is 6.07 Å². The second-order valence-corrected chi connectivity index (χ2v) is 7.24. The maximum Gasteiger partial charge on any atom is 0.338 e. The molecular formula is C24H22ClN3O6. The van der Waals surface area contributed by atoms with Crippen molar-refractivity contribution in [2.45, 2.75) is 0 Å². The number of amides is 3. The van der Waals surface area contributed by atoms with Crippen molar-refractivity contribution in [2.24, 2.45) is 0 Å². The SMILES string of the molecule is COc1cc(NC(=O)COC(=O)c2ccc(NC(=O)Nc3ccccc3)cc2)c(OC)cc1Cl. The number of hydrogen-bond donors (Lipinski definition) is 3. The van der Waals surface area contributed by atoms with E-state index in [4.69, 9.17) is 25.8 Å². The van der Waals surface area contributed by atoms with Crippen molar-refractivity contribution in [3.05, 3.63) is 77.3 Å². The first-order chi connectivity index (χ1) is 16.4. The topological polar surface area (TPSA) is 115 Å². The summed E-state index contributed by atoms with van der Waals surface area (Å²) in [4.78, 5) is 36.6. The lowest BCUT2D eigenvalue weighted by Gasteiger charge is -2.13. The lowest BCUT2D eigenvalue weighted by atomic mass is 10.2. The second-order valence-electron chi connectivity index (χ2n) is 6.83. The minimum Gasteiger partial charge on any atom is -0.495 e. The number of esters is 1. The van der Waals surface area contributed by atoms with Crippen molar-refractivity contribution in [2.75, 3.05) is 36.8 Å². The molecule has 3 aromatic carbocycles. The fourth-order valence-corrected chi connectivity index (χ4v) is 3.09. The molecule has 0 aliphatic carbocycles. The number of anilines is 3. The first-order valence-corrected chi connectivity index (χ1v) is 10.4. The van der Waals surface area contributed by atoms with Crippen molar-refractivity contribution in [3.8, 4) is 11.5 Å². The minimum absolute atomic E-state index is 0.215. The van der Waals surface area contributed by atoms with Gasteiger partial charge in [0.1, 0.15) is 11.5 Å². The van der Waals surface area contributed by atoms with E-state index >= 15 is 0 Å². The normalized spacial score (nSPS) is 10.1. The number of halogens is 1. The molecule has 10 heteroatoms. The Morgan fingerprint density at radius 2 is 1.41 bits per heavy atom. The molecule has 3 N–H and O–H groups in total. The molecule has 0 saturated heterocycles. The highest BCUT2D eigenvalue weighted by molar-refractivity contribution is 6.32. The van der Waals surface area contributed by atoms with E-state index in [1.165, 1.54) is 38.5 Å². The molecule has 0 radical (unpaired) electrons. The molecule has 0 bridgehead atoms. The second kappa shape index (κ2) is 11.6. The van der Waals surface area contributed by atoms with Crippen LogP contribution < -0.4 is 25.4 Å². The Morgan fingerprint density at radius 1 is 0.794 bits per heavy atom. The number of nitrogens with one attached hydrogen (secondary N) is 3. The fraction of sp³-hybridized carbons (Fsp3) is 0.125. The Morgan fingerprint density at radius 3 is 2.03 bits per heavy atom. The fourth-order valence-electron chi connectivity index (χ4n) is 2.86. The summed E-state index contributed by atoms with van der Waals surface area (Å²) in [6.07, 6.45) is 0. The van der Waals surface area contributed by atoms with Gasteiger partial charge in [-0.15, -0.1) is 0 Å². The lowest BCUT2D eigenvalue weighted by Crippen LogP contribution is -2.21. The number of urea groups is 1. The number of hydrogen-bond acceptors (Lipinski definition) is 6. The number of benzene rings is 3. The van der Waals surface area contributed by atoms with E-state index in [0.29, 0.717) is 33.6 Å². The number of para-hydroxylation sites is 1. The van der Waals surface area contributed by atoms with Gasteiger partial charge >= 0.3 is 12.0 Å². The maximum atomic E-state index is 12.3. The van der Waals surface area contributed by atoms with Gasteiger partial charge < -0.3 is 30.2 Å². The summed E-state index contributed by atoms with van der Waals surface area (Å²) in [5.74, 6) is -0.603. The van der Waals surface area contributed by atoms with Crippen LogP contribution in [0.1, 0.15) is 10.4 Å². The van der Waals surface area contributed by atoms with Crippen molar-refractivity contribution < 1.29 is 28.6 Å². The van der Waals surface area contributed by atoms with Crippen LogP contribution in [0.25, 0.3) is 0 Å². The molecular weight excluding hydrogens is 462 g/mol. The van der Waals surface area contributed by atoms with E-state index in [2.05, 4.69) is 16.0 Å². The summed E-state index contributed by atoms with van der Waals surface area (Å²) in [6, 6.07) is 17.6. The van der Waals surface area contributed by atoms with Crippen molar-refractivity contribution in [3.63, 3.8) is 0 Å². The largest absolute Gasteiger partial charge is 0.495 e. The van der Waals surface area contributed by atoms with Gasteiger partial charge in [0, 0.05) is 23.5 Å². The zero-order valence-electron chi connectivity index (χ0n) is 18.4. The molecule has 0 saturated carbocycles. The van der Waals surface area contributed by atoms with Gasteiger partial charge in [0.05, 0.1) is 30.5 Å². The Kier molecular flexibility index (Phi) is 8.31. The molecule has 0 aliphatic heterocycles. The minimum atomic E-state index is -0.698. The van der Waals surface area contributed by atoms with Crippen LogP contribution in [0.2, 0.25) is 5.02 Å². The van der Waals surface area contributed by atoms with E-state index in [1.54, 1.807) is 36.4 Å². The maximum absolute atomic E-state index is 12.3. The number of carbonyl (C=O) groups excluding carboxylic acids is 3. The number of carbonyl (C=O) groups is 3. The molecule has 0 heterocycles. The summed E-state index contributed by atoms with van der Waals surface area (Å²) >= 11 is 6.05. The van der Waals surface area contributed by atoms with Crippen LogP contribution in [0.15, 0.2) is 66.7 Å². The van der Waals surface area contributed by atoms with Gasteiger partial charge in [-0.25, -0.2) is 9.59 Å². The smallest absolute Gasteiger partial charge is 0.338 e.